The van der Waals surface area contributed by atoms with E-state index in [1.807, 2.05) is 41.3 Å². The Morgan fingerprint density at radius 1 is 0.875 bits per heavy atom. The van der Waals surface area contributed by atoms with Crippen molar-refractivity contribution in [1.82, 2.24) is 9.80 Å². The summed E-state index contributed by atoms with van der Waals surface area (Å²) in [5, 5.41) is 0. The molecule has 2 aliphatic heterocycles. The first-order valence-electron chi connectivity index (χ1n) is 15.1. The van der Waals surface area contributed by atoms with Crippen molar-refractivity contribution in [1.29, 1.82) is 0 Å². The molecule has 2 heterocycles. The third kappa shape index (κ3) is 5.41. The van der Waals surface area contributed by atoms with Crippen LogP contribution in [0.1, 0.15) is 48.8 Å². The molecule has 210 valence electrons. The molecule has 0 radical (unpaired) electrons. The monoisotopic (exact) mass is 540 g/mol. The van der Waals surface area contributed by atoms with E-state index in [9.17, 15) is 4.79 Å². The minimum absolute atomic E-state index is 0.0297. The lowest BCUT2D eigenvalue weighted by Crippen LogP contribution is -2.47. The standard InChI is InChI=1S/C35H41FN2O2/c36-32-18-19-35(28-13-3-1-4-14-28,29-15-5-2-6-16-29)31-26-38(25-30(31)32)34(39)24-27-12-7-8-17-33(27)40-23-11-22-37-20-9-10-21-37/h1-8,12-17,30-32H,9-11,18-26H2/t30-,31+,32+/m0/s1. The van der Waals surface area contributed by atoms with Gasteiger partial charge in [0.05, 0.1) is 13.0 Å². The molecule has 0 N–H and O–H groups in total. The first-order valence-corrected chi connectivity index (χ1v) is 15.1. The van der Waals surface area contributed by atoms with Crippen LogP contribution in [0.2, 0.25) is 0 Å². The molecule has 0 aromatic heterocycles. The molecule has 2 saturated heterocycles. The maximum absolute atomic E-state index is 15.6. The van der Waals surface area contributed by atoms with Gasteiger partial charge in [-0.15, -0.1) is 0 Å². The Morgan fingerprint density at radius 3 is 2.23 bits per heavy atom. The second-order valence-corrected chi connectivity index (χ2v) is 11.9. The Balaban J connectivity index is 1.19. The number of para-hydroxylation sites is 1. The van der Waals surface area contributed by atoms with Gasteiger partial charge in [-0.1, -0.05) is 78.9 Å². The van der Waals surface area contributed by atoms with Crippen LogP contribution in [0.5, 0.6) is 5.75 Å². The van der Waals surface area contributed by atoms with Gasteiger partial charge in [0.25, 0.3) is 0 Å². The number of nitrogens with zero attached hydrogens (tertiary/aromatic N) is 2. The molecular formula is C35H41FN2O2. The van der Waals surface area contributed by atoms with E-state index < -0.39 is 6.17 Å². The molecule has 3 aromatic carbocycles. The maximum Gasteiger partial charge on any atom is 0.227 e. The third-order valence-corrected chi connectivity index (χ3v) is 9.60. The van der Waals surface area contributed by atoms with Crippen LogP contribution in [0.4, 0.5) is 4.39 Å². The van der Waals surface area contributed by atoms with Crippen molar-refractivity contribution < 1.29 is 13.9 Å². The lowest BCUT2D eigenvalue weighted by atomic mass is 9.56. The van der Waals surface area contributed by atoms with Gasteiger partial charge in [0.1, 0.15) is 11.9 Å². The summed E-state index contributed by atoms with van der Waals surface area (Å²) in [5.41, 5.74) is 3.06. The summed E-state index contributed by atoms with van der Waals surface area (Å²) >= 11 is 0. The Kier molecular flexibility index (Phi) is 8.20. The molecule has 0 unspecified atom stereocenters. The van der Waals surface area contributed by atoms with E-state index in [0.29, 0.717) is 26.1 Å². The predicted molar refractivity (Wildman–Crippen MR) is 157 cm³/mol. The molecule has 0 bridgehead atoms. The summed E-state index contributed by atoms with van der Waals surface area (Å²) < 4.78 is 21.7. The fourth-order valence-electron chi connectivity index (χ4n) is 7.58. The average Bonchev–Trinajstić information content (AvgIpc) is 3.69. The number of carbonyl (C=O) groups excluding carboxylic acids is 1. The Morgan fingerprint density at radius 2 is 1.52 bits per heavy atom. The van der Waals surface area contributed by atoms with Crippen LogP contribution in [-0.4, -0.2) is 61.2 Å². The van der Waals surface area contributed by atoms with Crippen molar-refractivity contribution in [3.8, 4) is 5.75 Å². The Labute approximate surface area is 238 Å². The van der Waals surface area contributed by atoms with Gasteiger partial charge in [-0.25, -0.2) is 4.39 Å². The van der Waals surface area contributed by atoms with Crippen LogP contribution in [0.3, 0.4) is 0 Å². The van der Waals surface area contributed by atoms with E-state index in [4.69, 9.17) is 4.74 Å². The number of amides is 1. The van der Waals surface area contributed by atoms with Gasteiger partial charge in [0, 0.05) is 36.5 Å². The van der Waals surface area contributed by atoms with Crippen LogP contribution in [0.15, 0.2) is 84.9 Å². The SMILES string of the molecule is O=C(Cc1ccccc1OCCCN1CCCC1)N1C[C@@H]2[C@H](F)CCC(c3ccccc3)(c3ccccc3)[C@@H]2C1. The predicted octanol–water partition coefficient (Wildman–Crippen LogP) is 6.29. The van der Waals surface area contributed by atoms with Crippen LogP contribution >= 0.6 is 0 Å². The molecule has 1 amide bonds. The molecule has 5 heteroatoms. The summed E-state index contributed by atoms with van der Waals surface area (Å²) in [6, 6.07) is 29.0. The topological polar surface area (TPSA) is 32.8 Å². The van der Waals surface area contributed by atoms with Crippen molar-refractivity contribution in [2.75, 3.05) is 39.3 Å². The lowest BCUT2D eigenvalue weighted by molar-refractivity contribution is -0.129. The number of benzene rings is 3. The largest absolute Gasteiger partial charge is 0.493 e. The summed E-state index contributed by atoms with van der Waals surface area (Å²) in [4.78, 5) is 18.2. The molecule has 3 aliphatic rings. The van der Waals surface area contributed by atoms with Gasteiger partial charge in [-0.05, 0) is 68.3 Å². The average molecular weight is 541 g/mol. The zero-order chi connectivity index (χ0) is 27.4. The van der Waals surface area contributed by atoms with Crippen molar-refractivity contribution in [2.45, 2.75) is 50.1 Å². The highest BCUT2D eigenvalue weighted by molar-refractivity contribution is 5.80. The van der Waals surface area contributed by atoms with Crippen LogP contribution in [-0.2, 0) is 16.6 Å². The van der Waals surface area contributed by atoms with Crippen molar-refractivity contribution >= 4 is 5.91 Å². The zero-order valence-electron chi connectivity index (χ0n) is 23.4. The van der Waals surface area contributed by atoms with Crippen molar-refractivity contribution in [2.24, 2.45) is 11.8 Å². The van der Waals surface area contributed by atoms with Crippen LogP contribution in [0.25, 0.3) is 0 Å². The highest BCUT2D eigenvalue weighted by atomic mass is 19.1. The first-order chi connectivity index (χ1) is 19.6. The highest BCUT2D eigenvalue weighted by Crippen LogP contribution is 2.54. The third-order valence-electron chi connectivity index (χ3n) is 9.60. The normalized spacial score (nSPS) is 24.1. The van der Waals surface area contributed by atoms with Crippen molar-refractivity contribution in [3.05, 3.63) is 102 Å². The highest BCUT2D eigenvalue weighted by Gasteiger charge is 2.55. The van der Waals surface area contributed by atoms with Gasteiger partial charge in [0.15, 0.2) is 0 Å². The minimum atomic E-state index is -0.894. The van der Waals surface area contributed by atoms with Crippen molar-refractivity contribution in [3.63, 3.8) is 0 Å². The number of likely N-dealkylation sites (tertiary alicyclic amines) is 2. The zero-order valence-corrected chi connectivity index (χ0v) is 23.4. The van der Waals surface area contributed by atoms with Gasteiger partial charge in [0.2, 0.25) is 5.91 Å². The summed E-state index contributed by atoms with van der Waals surface area (Å²) in [6.07, 6.45) is 4.23. The van der Waals surface area contributed by atoms with Crippen LogP contribution < -0.4 is 4.74 Å². The molecular weight excluding hydrogens is 499 g/mol. The maximum atomic E-state index is 15.6. The van der Waals surface area contributed by atoms with E-state index in [1.165, 1.54) is 37.1 Å². The molecule has 3 atom stereocenters. The molecule has 3 fully saturated rings. The molecule has 0 spiro atoms. The second-order valence-electron chi connectivity index (χ2n) is 11.9. The molecule has 1 aliphatic carbocycles. The molecule has 40 heavy (non-hydrogen) atoms. The van der Waals surface area contributed by atoms with E-state index in [1.54, 1.807) is 0 Å². The smallest absolute Gasteiger partial charge is 0.227 e. The van der Waals surface area contributed by atoms with Gasteiger partial charge >= 0.3 is 0 Å². The number of alkyl halides is 1. The van der Waals surface area contributed by atoms with Gasteiger partial charge in [-0.3, -0.25) is 4.79 Å². The molecule has 3 aromatic rings. The number of hydrogen-bond acceptors (Lipinski definition) is 3. The molecule has 4 nitrogen and oxygen atoms in total. The van der Waals surface area contributed by atoms with E-state index >= 15 is 4.39 Å². The number of ether oxygens (including phenoxy) is 1. The van der Waals surface area contributed by atoms with E-state index in [-0.39, 0.29) is 29.6 Å². The first kappa shape index (κ1) is 27.0. The fourth-order valence-corrected chi connectivity index (χ4v) is 7.58. The summed E-state index contributed by atoms with van der Waals surface area (Å²) in [7, 11) is 0. The van der Waals surface area contributed by atoms with Crippen LogP contribution in [0, 0.1) is 11.8 Å². The lowest BCUT2D eigenvalue weighted by Gasteiger charge is -2.47. The number of fused-ring (bicyclic) bond motifs is 1. The number of hydrogen-bond donors (Lipinski definition) is 0. The number of rotatable bonds is 9. The minimum Gasteiger partial charge on any atom is -0.493 e. The molecule has 6 rings (SSSR count). The summed E-state index contributed by atoms with van der Waals surface area (Å²) in [6.45, 7) is 5.15. The van der Waals surface area contributed by atoms with E-state index in [2.05, 4.69) is 53.4 Å². The Hall–Kier alpha value is -3.18. The van der Waals surface area contributed by atoms with Gasteiger partial charge in [-0.2, -0.15) is 0 Å². The Bertz CT molecular complexity index is 1220. The number of carbonyl (C=O) groups is 1. The molecule has 1 saturated carbocycles. The second kappa shape index (κ2) is 12.1. The summed E-state index contributed by atoms with van der Waals surface area (Å²) in [5.74, 6) is 0.710. The fraction of sp³-hybridized carbons (Fsp3) is 0.457. The quantitative estimate of drug-likeness (QED) is 0.299. The van der Waals surface area contributed by atoms with Gasteiger partial charge < -0.3 is 14.5 Å². The van der Waals surface area contributed by atoms with E-state index in [0.717, 1.165) is 30.7 Å². The number of halogens is 1.